The van der Waals surface area contributed by atoms with Gasteiger partial charge in [-0.05, 0) is 34.9 Å². The van der Waals surface area contributed by atoms with Gasteiger partial charge in [0.15, 0.2) is 0 Å². The first-order valence-electron chi connectivity index (χ1n) is 6.06. The molecule has 2 aromatic carbocycles. The fraction of sp³-hybridized carbons (Fsp3) is 0.0625. The molecular formula is C16H13NO2. The van der Waals surface area contributed by atoms with Crippen molar-refractivity contribution in [2.45, 2.75) is 6.54 Å². The molecule has 94 valence electrons. The Kier molecular flexibility index (Phi) is 2.89. The molecule has 0 aliphatic rings. The number of nitrogens with two attached hydrogens (primary N) is 1. The maximum absolute atomic E-state index is 11.0. The van der Waals surface area contributed by atoms with Gasteiger partial charge in [-0.25, -0.2) is 0 Å². The van der Waals surface area contributed by atoms with E-state index in [-0.39, 0.29) is 0 Å². The molecule has 3 nitrogen and oxygen atoms in total. The van der Waals surface area contributed by atoms with E-state index in [4.69, 9.17) is 10.2 Å². The summed E-state index contributed by atoms with van der Waals surface area (Å²) in [6.07, 6.45) is 4.20. The topological polar surface area (TPSA) is 56.2 Å². The van der Waals surface area contributed by atoms with Gasteiger partial charge >= 0.3 is 0 Å². The number of fused-ring (bicyclic) bond motifs is 1. The summed E-state index contributed by atoms with van der Waals surface area (Å²) in [5.41, 5.74) is 9.40. The van der Waals surface area contributed by atoms with Gasteiger partial charge in [-0.3, -0.25) is 4.79 Å². The fourth-order valence-electron chi connectivity index (χ4n) is 2.28. The number of aldehydes is 1. The normalized spacial score (nSPS) is 10.8. The molecule has 0 atom stereocenters. The SMILES string of the molecule is NCc1cccc(-c2cc(C=O)cc3cocc23)c1. The summed E-state index contributed by atoms with van der Waals surface area (Å²) in [4.78, 5) is 11.0. The van der Waals surface area contributed by atoms with E-state index in [0.717, 1.165) is 33.7 Å². The van der Waals surface area contributed by atoms with Gasteiger partial charge in [0.05, 0.1) is 12.5 Å². The van der Waals surface area contributed by atoms with E-state index in [2.05, 4.69) is 0 Å². The Morgan fingerprint density at radius 1 is 1.16 bits per heavy atom. The summed E-state index contributed by atoms with van der Waals surface area (Å²) in [6.45, 7) is 0.496. The van der Waals surface area contributed by atoms with Gasteiger partial charge in [0.2, 0.25) is 0 Å². The Labute approximate surface area is 110 Å². The van der Waals surface area contributed by atoms with Gasteiger partial charge in [-0.15, -0.1) is 0 Å². The first kappa shape index (κ1) is 11.7. The lowest BCUT2D eigenvalue weighted by atomic mass is 9.97. The van der Waals surface area contributed by atoms with Crippen LogP contribution >= 0.6 is 0 Å². The van der Waals surface area contributed by atoms with Crippen LogP contribution < -0.4 is 5.73 Å². The minimum atomic E-state index is 0.496. The third-order valence-electron chi connectivity index (χ3n) is 3.23. The zero-order valence-corrected chi connectivity index (χ0v) is 10.3. The highest BCUT2D eigenvalue weighted by molar-refractivity contribution is 5.99. The smallest absolute Gasteiger partial charge is 0.150 e. The molecule has 0 amide bonds. The molecule has 1 aromatic heterocycles. The van der Waals surface area contributed by atoms with Gasteiger partial charge in [0.25, 0.3) is 0 Å². The molecule has 0 saturated carbocycles. The Morgan fingerprint density at radius 3 is 2.84 bits per heavy atom. The van der Waals surface area contributed by atoms with Gasteiger partial charge < -0.3 is 10.2 Å². The second-order valence-electron chi connectivity index (χ2n) is 4.47. The third kappa shape index (κ3) is 2.04. The van der Waals surface area contributed by atoms with Crippen molar-refractivity contribution in [1.82, 2.24) is 0 Å². The second-order valence-corrected chi connectivity index (χ2v) is 4.47. The highest BCUT2D eigenvalue weighted by atomic mass is 16.3. The Morgan fingerprint density at radius 2 is 2.05 bits per heavy atom. The van der Waals surface area contributed by atoms with Gasteiger partial charge in [-0.1, -0.05) is 18.2 Å². The standard InChI is InChI=1S/C16H13NO2/c17-7-11-2-1-3-13(4-11)15-6-12(8-18)5-14-9-19-10-16(14)15/h1-6,8-10H,7,17H2. The van der Waals surface area contributed by atoms with Gasteiger partial charge in [0, 0.05) is 22.9 Å². The molecule has 19 heavy (non-hydrogen) atoms. The average Bonchev–Trinajstić information content (AvgIpc) is 2.94. The molecule has 0 saturated heterocycles. The molecule has 0 fully saturated rings. The molecule has 0 unspecified atom stereocenters. The first-order chi connectivity index (χ1) is 9.31. The number of rotatable bonds is 3. The minimum Gasteiger partial charge on any atom is -0.471 e. The first-order valence-corrected chi connectivity index (χ1v) is 6.06. The van der Waals surface area contributed by atoms with Crippen LogP contribution in [-0.4, -0.2) is 6.29 Å². The van der Waals surface area contributed by atoms with Gasteiger partial charge in [-0.2, -0.15) is 0 Å². The van der Waals surface area contributed by atoms with Crippen LogP contribution in [0, 0.1) is 0 Å². The Bertz CT molecular complexity index is 743. The molecule has 0 radical (unpaired) electrons. The number of hydrogen-bond acceptors (Lipinski definition) is 3. The van der Waals surface area contributed by atoms with Crippen LogP contribution in [0.25, 0.3) is 21.9 Å². The van der Waals surface area contributed by atoms with Crippen LogP contribution in [-0.2, 0) is 6.54 Å². The predicted molar refractivity (Wildman–Crippen MR) is 74.9 cm³/mol. The minimum absolute atomic E-state index is 0.496. The van der Waals surface area contributed by atoms with Crippen molar-refractivity contribution in [2.75, 3.05) is 0 Å². The maximum Gasteiger partial charge on any atom is 0.150 e. The highest BCUT2D eigenvalue weighted by Gasteiger charge is 2.08. The van der Waals surface area contributed by atoms with Crippen molar-refractivity contribution >= 4 is 17.1 Å². The largest absolute Gasteiger partial charge is 0.471 e. The predicted octanol–water partition coefficient (Wildman–Crippen LogP) is 3.37. The third-order valence-corrected chi connectivity index (χ3v) is 3.23. The average molecular weight is 251 g/mol. The summed E-state index contributed by atoms with van der Waals surface area (Å²) >= 11 is 0. The molecule has 0 aliphatic carbocycles. The summed E-state index contributed by atoms with van der Waals surface area (Å²) < 4.78 is 5.24. The van der Waals surface area contributed by atoms with Crippen LogP contribution in [0.4, 0.5) is 0 Å². The van der Waals surface area contributed by atoms with Crippen molar-refractivity contribution in [1.29, 1.82) is 0 Å². The van der Waals surface area contributed by atoms with Crippen molar-refractivity contribution in [2.24, 2.45) is 5.73 Å². The van der Waals surface area contributed by atoms with Crippen LogP contribution in [0.15, 0.2) is 53.3 Å². The number of hydrogen-bond donors (Lipinski definition) is 1. The molecule has 2 N–H and O–H groups in total. The quantitative estimate of drug-likeness (QED) is 0.726. The monoisotopic (exact) mass is 251 g/mol. The summed E-state index contributed by atoms with van der Waals surface area (Å²) in [5.74, 6) is 0. The summed E-state index contributed by atoms with van der Waals surface area (Å²) in [5, 5.41) is 1.93. The van der Waals surface area contributed by atoms with Crippen LogP contribution in [0.3, 0.4) is 0 Å². The van der Waals surface area contributed by atoms with E-state index in [1.165, 1.54) is 0 Å². The van der Waals surface area contributed by atoms with E-state index >= 15 is 0 Å². The molecule has 0 bridgehead atoms. The molecule has 0 aliphatic heterocycles. The zero-order chi connectivity index (χ0) is 13.2. The summed E-state index contributed by atoms with van der Waals surface area (Å²) in [6, 6.07) is 11.7. The van der Waals surface area contributed by atoms with Crippen LogP contribution in [0.5, 0.6) is 0 Å². The molecular weight excluding hydrogens is 238 g/mol. The lowest BCUT2D eigenvalue weighted by Crippen LogP contribution is -1.96. The van der Waals surface area contributed by atoms with E-state index in [1.54, 1.807) is 12.5 Å². The number of carbonyl (C=O) groups excluding carboxylic acids is 1. The van der Waals surface area contributed by atoms with Crippen molar-refractivity contribution in [3.05, 3.63) is 60.1 Å². The van der Waals surface area contributed by atoms with Crippen molar-refractivity contribution < 1.29 is 9.21 Å². The number of carbonyl (C=O) groups is 1. The van der Waals surface area contributed by atoms with E-state index in [1.807, 2.05) is 36.4 Å². The lowest BCUT2D eigenvalue weighted by Gasteiger charge is -2.06. The van der Waals surface area contributed by atoms with E-state index < -0.39 is 0 Å². The molecule has 3 aromatic rings. The van der Waals surface area contributed by atoms with E-state index in [0.29, 0.717) is 12.1 Å². The lowest BCUT2D eigenvalue weighted by molar-refractivity contribution is 0.112. The summed E-state index contributed by atoms with van der Waals surface area (Å²) in [7, 11) is 0. The van der Waals surface area contributed by atoms with Gasteiger partial charge in [0.1, 0.15) is 6.29 Å². The second kappa shape index (κ2) is 4.71. The molecule has 0 spiro atoms. The van der Waals surface area contributed by atoms with Crippen molar-refractivity contribution in [3.63, 3.8) is 0 Å². The molecule has 3 heteroatoms. The van der Waals surface area contributed by atoms with Crippen molar-refractivity contribution in [3.8, 4) is 11.1 Å². The maximum atomic E-state index is 11.0. The molecule has 1 heterocycles. The Balaban J connectivity index is 2.27. The number of furan rings is 1. The van der Waals surface area contributed by atoms with E-state index in [9.17, 15) is 4.79 Å². The number of benzene rings is 2. The van der Waals surface area contributed by atoms with Crippen LogP contribution in [0.1, 0.15) is 15.9 Å². The Hall–Kier alpha value is -2.39. The van der Waals surface area contributed by atoms with Crippen LogP contribution in [0.2, 0.25) is 0 Å². The zero-order valence-electron chi connectivity index (χ0n) is 10.3. The highest BCUT2D eigenvalue weighted by Crippen LogP contribution is 2.31. The molecule has 3 rings (SSSR count). The fourth-order valence-corrected chi connectivity index (χ4v) is 2.28.